The molecule has 0 bridgehead atoms. The molecule has 5 nitrogen and oxygen atoms in total. The molecule has 72 heavy (non-hydrogen) atoms. The van der Waals surface area contributed by atoms with Crippen LogP contribution in [0.4, 0.5) is 0 Å². The van der Waals surface area contributed by atoms with Crippen molar-refractivity contribution < 1.29 is 0 Å². The van der Waals surface area contributed by atoms with Crippen molar-refractivity contribution in [1.29, 1.82) is 15.8 Å². The van der Waals surface area contributed by atoms with Gasteiger partial charge in [0.2, 0.25) is 0 Å². The first-order valence-corrected chi connectivity index (χ1v) is 24.2. The SMILES string of the molecule is Cc1ccccc1-c1ccc2c(c1)c1cc(-c3ccccc3C)ccc1n2-c1cc(-c2cc(C#N)cc(C#N)c2)cc(-n2c3ccc(-c4ccccc4C)cc3c3cc(-c4ccccc4C)ccc32)c1C#N. The zero-order valence-electron chi connectivity index (χ0n) is 40.3. The topological polar surface area (TPSA) is 81.2 Å². The molecule has 10 aromatic carbocycles. The molecule has 0 atom stereocenters. The van der Waals surface area contributed by atoms with Gasteiger partial charge in [0.15, 0.2) is 0 Å². The van der Waals surface area contributed by atoms with Crippen LogP contribution in [0.25, 0.3) is 111 Å². The van der Waals surface area contributed by atoms with Crippen molar-refractivity contribution in [3.63, 3.8) is 0 Å². The summed E-state index contributed by atoms with van der Waals surface area (Å²) in [6, 6.07) is 77.2. The largest absolute Gasteiger partial charge is 0.308 e. The second kappa shape index (κ2) is 17.3. The van der Waals surface area contributed by atoms with E-state index in [9.17, 15) is 15.8 Å². The number of rotatable bonds is 7. The van der Waals surface area contributed by atoms with Gasteiger partial charge in [0.1, 0.15) is 11.6 Å². The summed E-state index contributed by atoms with van der Waals surface area (Å²) in [5.41, 5.74) is 21.6. The summed E-state index contributed by atoms with van der Waals surface area (Å²) in [5.74, 6) is 0. The predicted molar refractivity (Wildman–Crippen MR) is 295 cm³/mol. The number of hydrogen-bond donors (Lipinski definition) is 0. The highest BCUT2D eigenvalue weighted by atomic mass is 15.0. The van der Waals surface area contributed by atoms with E-state index in [1.807, 2.05) is 12.1 Å². The molecule has 0 unspecified atom stereocenters. The van der Waals surface area contributed by atoms with Crippen LogP contribution in [0.5, 0.6) is 0 Å². The molecule has 12 aromatic rings. The Morgan fingerprint density at radius 3 is 0.861 bits per heavy atom. The highest BCUT2D eigenvalue weighted by molar-refractivity contribution is 6.14. The molecule has 12 rings (SSSR count). The molecule has 338 valence electrons. The van der Waals surface area contributed by atoms with Gasteiger partial charge in [-0.15, -0.1) is 0 Å². The first-order valence-electron chi connectivity index (χ1n) is 24.2. The van der Waals surface area contributed by atoms with Gasteiger partial charge in [-0.3, -0.25) is 0 Å². The van der Waals surface area contributed by atoms with Crippen LogP contribution in [-0.2, 0) is 0 Å². The summed E-state index contributed by atoms with van der Waals surface area (Å²) in [6.45, 7) is 8.58. The van der Waals surface area contributed by atoms with Gasteiger partial charge in [-0.05, 0) is 184 Å². The molecule has 0 fully saturated rings. The van der Waals surface area contributed by atoms with E-state index in [0.717, 1.165) is 93.7 Å². The fourth-order valence-electron chi connectivity index (χ4n) is 11.0. The maximum absolute atomic E-state index is 11.8. The fraction of sp³-hybridized carbons (Fsp3) is 0.0597. The van der Waals surface area contributed by atoms with Crippen molar-refractivity contribution in [1.82, 2.24) is 9.13 Å². The molecule has 0 radical (unpaired) electrons. The number of nitriles is 3. The third-order valence-corrected chi connectivity index (χ3v) is 14.6. The monoisotopic (exact) mass is 919 g/mol. The van der Waals surface area contributed by atoms with Crippen molar-refractivity contribution >= 4 is 43.6 Å². The van der Waals surface area contributed by atoms with Gasteiger partial charge in [0.25, 0.3) is 0 Å². The lowest BCUT2D eigenvalue weighted by atomic mass is 9.97. The zero-order chi connectivity index (χ0) is 49.2. The molecule has 0 aliphatic heterocycles. The summed E-state index contributed by atoms with van der Waals surface area (Å²) in [7, 11) is 0. The van der Waals surface area contributed by atoms with Gasteiger partial charge < -0.3 is 9.13 Å². The maximum Gasteiger partial charge on any atom is 0.104 e. The number of hydrogen-bond acceptors (Lipinski definition) is 3. The molecule has 0 aliphatic rings. The molecule has 0 amide bonds. The van der Waals surface area contributed by atoms with Crippen molar-refractivity contribution in [2.75, 3.05) is 0 Å². The van der Waals surface area contributed by atoms with Gasteiger partial charge in [-0.2, -0.15) is 15.8 Å². The van der Waals surface area contributed by atoms with Crippen LogP contribution in [0, 0.1) is 61.7 Å². The normalized spacial score (nSPS) is 11.3. The number of aromatic nitrogens is 2. The minimum atomic E-state index is 0.380. The van der Waals surface area contributed by atoms with Gasteiger partial charge in [-0.1, -0.05) is 121 Å². The van der Waals surface area contributed by atoms with Crippen molar-refractivity contribution in [3.05, 3.63) is 239 Å². The standard InChI is InChI=1S/C67H45N5/c1-41-13-5-9-17-53(41)47-21-25-62-57(32-47)58-33-48(54-18-10-6-14-42(54)2)22-26-63(58)71(62)66-36-52(51-30-45(38-68)29-46(31-51)39-69)37-67(61(66)40-70)72-64-27-23-49(55-19-11-7-15-43(55)3)34-59(64)60-35-50(24-28-65(60)72)56-20-12-8-16-44(56)4/h5-37H,1-4H3. The molecule has 0 saturated carbocycles. The van der Waals surface area contributed by atoms with Gasteiger partial charge >= 0.3 is 0 Å². The van der Waals surface area contributed by atoms with E-state index in [1.165, 1.54) is 22.3 Å². The Bertz CT molecular complexity index is 3900. The number of nitrogens with zero attached hydrogens (tertiary/aromatic N) is 5. The Hall–Kier alpha value is -9.73. The summed E-state index contributed by atoms with van der Waals surface area (Å²) in [6.07, 6.45) is 0. The Morgan fingerprint density at radius 1 is 0.292 bits per heavy atom. The van der Waals surface area contributed by atoms with Crippen LogP contribution in [0.3, 0.4) is 0 Å². The van der Waals surface area contributed by atoms with Crippen LogP contribution in [0.1, 0.15) is 38.9 Å². The van der Waals surface area contributed by atoms with Crippen molar-refractivity contribution in [2.24, 2.45) is 0 Å². The number of aryl methyl sites for hydroxylation is 4. The molecule has 5 heteroatoms. The Kier molecular flexibility index (Phi) is 10.5. The van der Waals surface area contributed by atoms with Gasteiger partial charge in [-0.25, -0.2) is 0 Å². The lowest BCUT2D eigenvalue weighted by molar-refractivity contribution is 1.12. The molecule has 2 aromatic heterocycles. The predicted octanol–water partition coefficient (Wildman–Crippen LogP) is 17.1. The second-order valence-corrected chi connectivity index (χ2v) is 18.9. The summed E-state index contributed by atoms with van der Waals surface area (Å²) in [5, 5.41) is 36.6. The summed E-state index contributed by atoms with van der Waals surface area (Å²) >= 11 is 0. The smallest absolute Gasteiger partial charge is 0.104 e. The molecule has 0 saturated heterocycles. The van der Waals surface area contributed by atoms with Crippen molar-refractivity contribution in [2.45, 2.75) is 27.7 Å². The fourth-order valence-corrected chi connectivity index (χ4v) is 11.0. The minimum absolute atomic E-state index is 0.380. The van der Waals surface area contributed by atoms with Crippen LogP contribution >= 0.6 is 0 Å². The lowest BCUT2D eigenvalue weighted by Crippen LogP contribution is -2.05. The highest BCUT2D eigenvalue weighted by Gasteiger charge is 2.25. The van der Waals surface area contributed by atoms with E-state index < -0.39 is 0 Å². The zero-order valence-corrected chi connectivity index (χ0v) is 40.3. The van der Waals surface area contributed by atoms with Crippen LogP contribution < -0.4 is 0 Å². The van der Waals surface area contributed by atoms with Crippen LogP contribution in [0.2, 0.25) is 0 Å². The Morgan fingerprint density at radius 2 is 0.583 bits per heavy atom. The van der Waals surface area contributed by atoms with Gasteiger partial charge in [0.05, 0.1) is 56.7 Å². The maximum atomic E-state index is 11.8. The average Bonchev–Trinajstić information content (AvgIpc) is 3.91. The lowest BCUT2D eigenvalue weighted by Gasteiger charge is -2.19. The summed E-state index contributed by atoms with van der Waals surface area (Å²) < 4.78 is 4.47. The van der Waals surface area contributed by atoms with E-state index in [0.29, 0.717) is 33.6 Å². The number of benzene rings is 10. The van der Waals surface area contributed by atoms with Gasteiger partial charge in [0, 0.05) is 21.5 Å². The van der Waals surface area contributed by atoms with Crippen LogP contribution in [0.15, 0.2) is 200 Å². The molecule has 0 N–H and O–H groups in total. The molecular weight excluding hydrogens is 875 g/mol. The van der Waals surface area contributed by atoms with E-state index in [-0.39, 0.29) is 0 Å². The first kappa shape index (κ1) is 43.5. The third-order valence-electron chi connectivity index (χ3n) is 14.6. The Labute approximate surface area is 418 Å². The highest BCUT2D eigenvalue weighted by Crippen LogP contribution is 2.44. The average molecular weight is 920 g/mol. The van der Waals surface area contributed by atoms with E-state index in [2.05, 4.69) is 237 Å². The van der Waals surface area contributed by atoms with E-state index in [1.54, 1.807) is 6.07 Å². The molecule has 2 heterocycles. The van der Waals surface area contributed by atoms with Crippen molar-refractivity contribution in [3.8, 4) is 85.2 Å². The number of fused-ring (bicyclic) bond motifs is 6. The second-order valence-electron chi connectivity index (χ2n) is 18.9. The Balaban J connectivity index is 1.21. The molecular formula is C67H45N5. The van der Waals surface area contributed by atoms with Crippen LogP contribution in [-0.4, -0.2) is 9.13 Å². The molecule has 0 spiro atoms. The minimum Gasteiger partial charge on any atom is -0.308 e. The van der Waals surface area contributed by atoms with E-state index in [4.69, 9.17) is 0 Å². The summed E-state index contributed by atoms with van der Waals surface area (Å²) in [4.78, 5) is 0. The van der Waals surface area contributed by atoms with E-state index >= 15 is 0 Å². The third kappa shape index (κ3) is 7.13. The molecule has 0 aliphatic carbocycles. The first-order chi connectivity index (χ1) is 35.2. The quantitative estimate of drug-likeness (QED) is 0.160.